The molecule has 0 aliphatic heterocycles. The van der Waals surface area contributed by atoms with Crippen LogP contribution in [0.2, 0.25) is 0 Å². The van der Waals surface area contributed by atoms with Gasteiger partial charge in [-0.25, -0.2) is 0 Å². The molecule has 0 fully saturated rings. The van der Waals surface area contributed by atoms with Crippen molar-refractivity contribution in [3.05, 3.63) is 29.8 Å². The van der Waals surface area contributed by atoms with Gasteiger partial charge in [-0.15, -0.1) is 11.8 Å². The fourth-order valence-corrected chi connectivity index (χ4v) is 1.78. The Bertz CT molecular complexity index is 448. The average Bonchev–Trinajstić information content (AvgIpc) is 2.34. The highest BCUT2D eigenvalue weighted by molar-refractivity contribution is 7.99. The molecule has 0 radical (unpaired) electrons. The van der Waals surface area contributed by atoms with E-state index in [1.165, 1.54) is 11.8 Å². The van der Waals surface area contributed by atoms with Crippen LogP contribution in [0.15, 0.2) is 29.2 Å². The summed E-state index contributed by atoms with van der Waals surface area (Å²) in [4.78, 5) is 22.8. The molecule has 1 aromatic carbocycles. The van der Waals surface area contributed by atoms with E-state index in [2.05, 4.69) is 0 Å². The molecule has 4 nitrogen and oxygen atoms in total. The van der Waals surface area contributed by atoms with Crippen molar-refractivity contribution in [1.82, 2.24) is 0 Å². The number of carbonyl (C=O) groups excluding carboxylic acids is 1. The Morgan fingerprint density at radius 1 is 1.24 bits per heavy atom. The number of hydrogen-bond donors (Lipinski definition) is 1. The molecule has 0 bridgehead atoms. The van der Waals surface area contributed by atoms with Crippen LogP contribution in [0, 0.1) is 11.3 Å². The number of aliphatic carboxylic acids is 1. The molecule has 88 valence electrons. The molecular weight excluding hydrogens is 238 g/mol. The third-order valence-electron chi connectivity index (χ3n) is 2.05. The lowest BCUT2D eigenvalue weighted by Crippen LogP contribution is -2.03. The zero-order valence-corrected chi connectivity index (χ0v) is 9.87. The van der Waals surface area contributed by atoms with Gasteiger partial charge in [0.15, 0.2) is 5.78 Å². The summed E-state index contributed by atoms with van der Waals surface area (Å²) < 4.78 is 0. The summed E-state index contributed by atoms with van der Waals surface area (Å²) in [5.41, 5.74) is 0.507. The van der Waals surface area contributed by atoms with E-state index >= 15 is 0 Å². The van der Waals surface area contributed by atoms with E-state index in [0.717, 1.165) is 4.90 Å². The molecule has 0 aliphatic rings. The molecule has 1 N–H and O–H groups in total. The van der Waals surface area contributed by atoms with Gasteiger partial charge < -0.3 is 5.11 Å². The fraction of sp³-hybridized carbons (Fsp3) is 0.250. The first-order valence-electron chi connectivity index (χ1n) is 4.98. The van der Waals surface area contributed by atoms with E-state index in [0.29, 0.717) is 11.3 Å². The van der Waals surface area contributed by atoms with Crippen molar-refractivity contribution in [2.45, 2.75) is 17.7 Å². The van der Waals surface area contributed by atoms with Gasteiger partial charge in [0, 0.05) is 16.9 Å². The summed E-state index contributed by atoms with van der Waals surface area (Å²) in [5.74, 6) is -0.782. The largest absolute Gasteiger partial charge is 0.481 e. The molecule has 0 atom stereocenters. The quantitative estimate of drug-likeness (QED) is 0.618. The van der Waals surface area contributed by atoms with Gasteiger partial charge >= 0.3 is 5.97 Å². The van der Waals surface area contributed by atoms with Gasteiger partial charge in [-0.1, -0.05) is 12.1 Å². The second kappa shape index (κ2) is 6.71. The highest BCUT2D eigenvalue weighted by Crippen LogP contribution is 2.18. The van der Waals surface area contributed by atoms with Gasteiger partial charge in [-0.3, -0.25) is 9.59 Å². The maximum absolute atomic E-state index is 11.6. The Morgan fingerprint density at radius 2 is 1.88 bits per heavy atom. The minimum atomic E-state index is -0.973. The number of ketones is 1. The smallest absolute Gasteiger partial charge is 0.303 e. The van der Waals surface area contributed by atoms with E-state index < -0.39 is 5.97 Å². The number of nitrogens with zero attached hydrogens (tertiary/aromatic N) is 1. The van der Waals surface area contributed by atoms with Gasteiger partial charge in [0.25, 0.3) is 0 Å². The second-order valence-electron chi connectivity index (χ2n) is 3.29. The highest BCUT2D eigenvalue weighted by Gasteiger charge is 2.08. The van der Waals surface area contributed by atoms with Crippen LogP contribution in [0.3, 0.4) is 0 Å². The highest BCUT2D eigenvalue weighted by atomic mass is 32.2. The van der Waals surface area contributed by atoms with Gasteiger partial charge in [0.1, 0.15) is 0 Å². The zero-order valence-electron chi connectivity index (χ0n) is 9.05. The van der Waals surface area contributed by atoms with Crippen molar-refractivity contribution in [3.8, 4) is 6.07 Å². The predicted molar refractivity (Wildman–Crippen MR) is 64.0 cm³/mol. The van der Waals surface area contributed by atoms with Crippen molar-refractivity contribution >= 4 is 23.5 Å². The first-order valence-corrected chi connectivity index (χ1v) is 5.97. The van der Waals surface area contributed by atoms with Crippen LogP contribution in [0.1, 0.15) is 23.2 Å². The maximum atomic E-state index is 11.6. The van der Waals surface area contributed by atoms with E-state index in [4.69, 9.17) is 10.4 Å². The fourth-order valence-electron chi connectivity index (χ4n) is 1.22. The molecule has 0 heterocycles. The molecule has 0 aliphatic carbocycles. The number of carbonyl (C=O) groups is 2. The minimum absolute atomic E-state index is 0.0139. The van der Waals surface area contributed by atoms with E-state index in [-0.39, 0.29) is 18.6 Å². The van der Waals surface area contributed by atoms with Gasteiger partial charge in [-0.2, -0.15) is 5.26 Å². The van der Waals surface area contributed by atoms with Crippen molar-refractivity contribution in [2.75, 3.05) is 5.75 Å². The summed E-state index contributed by atoms with van der Waals surface area (Å²) in [6.07, 6.45) is -0.135. The Kier molecular flexibility index (Phi) is 5.24. The van der Waals surface area contributed by atoms with Gasteiger partial charge in [0.05, 0.1) is 18.2 Å². The zero-order chi connectivity index (χ0) is 12.7. The number of thioether (sulfide) groups is 1. The van der Waals surface area contributed by atoms with Gasteiger partial charge in [-0.05, 0) is 12.1 Å². The van der Waals surface area contributed by atoms with Crippen molar-refractivity contribution < 1.29 is 14.7 Å². The number of carboxylic acid groups (broad SMARTS) is 1. The molecule has 0 unspecified atom stereocenters. The summed E-state index contributed by atoms with van der Waals surface area (Å²) >= 11 is 1.39. The molecule has 0 aromatic heterocycles. The molecule has 1 rings (SSSR count). The first-order chi connectivity index (χ1) is 8.13. The van der Waals surface area contributed by atoms with Crippen molar-refractivity contribution in [2.24, 2.45) is 0 Å². The SMILES string of the molecule is N#CCSc1ccc(C(=O)CCC(=O)O)cc1. The normalized spacial score (nSPS) is 9.59. The Balaban J connectivity index is 2.58. The summed E-state index contributed by atoms with van der Waals surface area (Å²) in [5, 5.41) is 16.9. The molecular formula is C12H11NO3S. The van der Waals surface area contributed by atoms with Crippen LogP contribution < -0.4 is 0 Å². The third kappa shape index (κ3) is 4.70. The molecule has 17 heavy (non-hydrogen) atoms. The standard InChI is InChI=1S/C12H11NO3S/c13-7-8-17-10-3-1-9(2-4-10)11(14)5-6-12(15)16/h1-4H,5-6,8H2,(H,15,16). The molecule has 5 heteroatoms. The van der Waals surface area contributed by atoms with Crippen LogP contribution >= 0.6 is 11.8 Å². The lowest BCUT2D eigenvalue weighted by atomic mass is 10.1. The molecule has 0 saturated carbocycles. The van der Waals surface area contributed by atoms with Crippen molar-refractivity contribution in [3.63, 3.8) is 0 Å². The number of hydrogen-bond acceptors (Lipinski definition) is 4. The van der Waals surface area contributed by atoms with Crippen LogP contribution in [0.4, 0.5) is 0 Å². The Labute approximate surface area is 103 Å². The molecule has 0 saturated heterocycles. The third-order valence-corrected chi connectivity index (χ3v) is 2.92. The molecule has 0 amide bonds. The lowest BCUT2D eigenvalue weighted by Gasteiger charge is -2.01. The topological polar surface area (TPSA) is 78.2 Å². The monoisotopic (exact) mass is 249 g/mol. The number of rotatable bonds is 6. The van der Waals surface area contributed by atoms with Crippen molar-refractivity contribution in [1.29, 1.82) is 5.26 Å². The Morgan fingerprint density at radius 3 is 2.41 bits per heavy atom. The minimum Gasteiger partial charge on any atom is -0.481 e. The first kappa shape index (κ1) is 13.3. The maximum Gasteiger partial charge on any atom is 0.303 e. The average molecular weight is 249 g/mol. The molecule has 1 aromatic rings. The number of carboxylic acids is 1. The number of Topliss-reactive ketones (excluding diaryl/α,β-unsaturated/α-hetero) is 1. The summed E-state index contributed by atoms with van der Waals surface area (Å²) in [7, 11) is 0. The summed E-state index contributed by atoms with van der Waals surface area (Å²) in [6, 6.07) is 8.85. The van der Waals surface area contributed by atoms with Crippen LogP contribution in [-0.4, -0.2) is 22.6 Å². The van der Waals surface area contributed by atoms with Crippen LogP contribution in [0.5, 0.6) is 0 Å². The molecule has 0 spiro atoms. The van der Waals surface area contributed by atoms with E-state index in [1.807, 2.05) is 6.07 Å². The van der Waals surface area contributed by atoms with E-state index in [9.17, 15) is 9.59 Å². The van der Waals surface area contributed by atoms with Gasteiger partial charge in [0.2, 0.25) is 0 Å². The number of benzene rings is 1. The number of nitriles is 1. The van der Waals surface area contributed by atoms with Crippen LogP contribution in [-0.2, 0) is 4.79 Å². The summed E-state index contributed by atoms with van der Waals surface area (Å²) in [6.45, 7) is 0. The van der Waals surface area contributed by atoms with Crippen LogP contribution in [0.25, 0.3) is 0 Å². The Hall–Kier alpha value is -1.80. The lowest BCUT2D eigenvalue weighted by molar-refractivity contribution is -0.136. The predicted octanol–water partition coefficient (Wildman–Crippen LogP) is 2.35. The van der Waals surface area contributed by atoms with E-state index in [1.54, 1.807) is 24.3 Å². The second-order valence-corrected chi connectivity index (χ2v) is 4.34.